The Morgan fingerprint density at radius 3 is 2.48 bits per heavy atom. The third-order valence-electron chi connectivity index (χ3n) is 4.17. The zero-order valence-electron chi connectivity index (χ0n) is 16.5. The van der Waals surface area contributed by atoms with E-state index >= 15 is 0 Å². The Bertz CT molecular complexity index is 759. The van der Waals surface area contributed by atoms with Crippen LogP contribution in [0, 0.1) is 0 Å². The molecule has 2 rings (SSSR count). The van der Waals surface area contributed by atoms with Crippen LogP contribution in [-0.2, 0) is 10.0 Å². The maximum absolute atomic E-state index is 11.5. The molecule has 7 nitrogen and oxygen atoms in total. The Morgan fingerprint density at radius 2 is 1.93 bits per heavy atom. The number of halogens is 1. The van der Waals surface area contributed by atoms with Gasteiger partial charge in [-0.2, -0.15) is 0 Å². The fourth-order valence-electron chi connectivity index (χ4n) is 3.08. The van der Waals surface area contributed by atoms with Crippen molar-refractivity contribution in [3.05, 3.63) is 29.3 Å². The third-order valence-corrected chi connectivity index (χ3v) is 5.33. The maximum atomic E-state index is 11.5. The van der Waals surface area contributed by atoms with E-state index < -0.39 is 15.6 Å². The first kappa shape index (κ1) is 21.8. The summed E-state index contributed by atoms with van der Waals surface area (Å²) in [5, 5.41) is 4.05. The van der Waals surface area contributed by atoms with E-state index in [0.29, 0.717) is 6.54 Å². The molecule has 0 unspecified atom stereocenters. The van der Waals surface area contributed by atoms with E-state index in [2.05, 4.69) is 30.9 Å². The van der Waals surface area contributed by atoms with E-state index in [4.69, 9.17) is 11.6 Å². The summed E-state index contributed by atoms with van der Waals surface area (Å²) in [7, 11) is -3.28. The minimum Gasteiger partial charge on any atom is -0.368 e. The summed E-state index contributed by atoms with van der Waals surface area (Å²) in [6.45, 7) is 10.2. The molecule has 1 aliphatic rings. The number of hydrogen-bond acceptors (Lipinski definition) is 4. The van der Waals surface area contributed by atoms with Gasteiger partial charge in [0.1, 0.15) is 0 Å². The first-order valence-electron chi connectivity index (χ1n) is 9.12. The molecule has 1 aromatic rings. The minimum absolute atomic E-state index is 0.358. The molecule has 1 aromatic carbocycles. The van der Waals surface area contributed by atoms with Crippen molar-refractivity contribution in [2.45, 2.75) is 26.3 Å². The molecule has 1 fully saturated rings. The average Bonchev–Trinajstić information content (AvgIpc) is 2.57. The SMILES string of the molecule is CCNC(=NCC(C)(C)NS(C)(=O)=O)N1CCN(c2cccc(Cl)c2)CC1. The van der Waals surface area contributed by atoms with Crippen LogP contribution in [0.3, 0.4) is 0 Å². The lowest BCUT2D eigenvalue weighted by Crippen LogP contribution is -2.53. The molecule has 1 saturated heterocycles. The predicted molar refractivity (Wildman–Crippen MR) is 113 cm³/mol. The highest BCUT2D eigenvalue weighted by atomic mass is 35.5. The van der Waals surface area contributed by atoms with Gasteiger partial charge in [0.25, 0.3) is 0 Å². The van der Waals surface area contributed by atoms with Crippen LogP contribution in [0.5, 0.6) is 0 Å². The molecule has 2 N–H and O–H groups in total. The number of nitrogens with zero attached hydrogens (tertiary/aromatic N) is 3. The van der Waals surface area contributed by atoms with Crippen molar-refractivity contribution in [3.8, 4) is 0 Å². The van der Waals surface area contributed by atoms with Gasteiger partial charge in [0.15, 0.2) is 5.96 Å². The normalized spacial score (nSPS) is 16.6. The lowest BCUT2D eigenvalue weighted by atomic mass is 10.1. The van der Waals surface area contributed by atoms with Gasteiger partial charge in [0.05, 0.1) is 12.8 Å². The summed E-state index contributed by atoms with van der Waals surface area (Å²) in [6.07, 6.45) is 1.17. The summed E-state index contributed by atoms with van der Waals surface area (Å²) in [4.78, 5) is 9.19. The Kier molecular flexibility index (Phi) is 7.36. The largest absolute Gasteiger partial charge is 0.368 e. The topological polar surface area (TPSA) is 77.0 Å². The first-order valence-corrected chi connectivity index (χ1v) is 11.4. The molecular weight excluding hydrogens is 386 g/mol. The van der Waals surface area contributed by atoms with E-state index in [1.165, 1.54) is 6.26 Å². The monoisotopic (exact) mass is 415 g/mol. The number of benzene rings is 1. The Hall–Kier alpha value is -1.51. The van der Waals surface area contributed by atoms with Gasteiger partial charge in [-0.3, -0.25) is 4.99 Å². The molecular formula is C18H30ClN5O2S. The number of anilines is 1. The summed E-state index contributed by atoms with van der Waals surface area (Å²) in [5.41, 5.74) is 0.485. The van der Waals surface area contributed by atoms with Crippen LogP contribution in [0.15, 0.2) is 29.3 Å². The van der Waals surface area contributed by atoms with Gasteiger partial charge >= 0.3 is 0 Å². The molecule has 152 valence electrons. The summed E-state index contributed by atoms with van der Waals surface area (Å²) >= 11 is 6.10. The second-order valence-corrected chi connectivity index (χ2v) is 9.57. The van der Waals surface area contributed by atoms with Gasteiger partial charge in [0.2, 0.25) is 10.0 Å². The number of rotatable bonds is 6. The minimum atomic E-state index is -3.28. The number of hydrogen-bond donors (Lipinski definition) is 2. The number of aliphatic imine (C=N–C) groups is 1. The van der Waals surface area contributed by atoms with Crippen molar-refractivity contribution in [1.82, 2.24) is 14.9 Å². The molecule has 0 spiro atoms. The highest BCUT2D eigenvalue weighted by molar-refractivity contribution is 7.88. The predicted octanol–water partition coefficient (Wildman–Crippen LogP) is 1.76. The van der Waals surface area contributed by atoms with Gasteiger partial charge in [-0.05, 0) is 39.0 Å². The smallest absolute Gasteiger partial charge is 0.209 e. The van der Waals surface area contributed by atoms with E-state index in [0.717, 1.165) is 49.4 Å². The fourth-order valence-corrected chi connectivity index (χ4v) is 4.33. The van der Waals surface area contributed by atoms with Crippen molar-refractivity contribution in [2.24, 2.45) is 4.99 Å². The first-order chi connectivity index (χ1) is 12.6. The van der Waals surface area contributed by atoms with Gasteiger partial charge in [-0.1, -0.05) is 17.7 Å². The molecule has 27 heavy (non-hydrogen) atoms. The number of sulfonamides is 1. The molecule has 9 heteroatoms. The van der Waals surface area contributed by atoms with Crippen LogP contribution in [-0.4, -0.2) is 70.3 Å². The summed E-state index contributed by atoms with van der Waals surface area (Å²) in [6, 6.07) is 7.89. The number of guanidine groups is 1. The van der Waals surface area contributed by atoms with Crippen molar-refractivity contribution >= 4 is 33.3 Å². The Morgan fingerprint density at radius 1 is 1.26 bits per heavy atom. The van der Waals surface area contributed by atoms with Crippen LogP contribution in [0.25, 0.3) is 0 Å². The molecule has 0 aromatic heterocycles. The Labute approximate surface area is 167 Å². The second-order valence-electron chi connectivity index (χ2n) is 7.38. The lowest BCUT2D eigenvalue weighted by molar-refractivity contribution is 0.369. The van der Waals surface area contributed by atoms with E-state index in [9.17, 15) is 8.42 Å². The molecule has 0 saturated carbocycles. The van der Waals surface area contributed by atoms with Gasteiger partial charge in [-0.25, -0.2) is 13.1 Å². The van der Waals surface area contributed by atoms with Crippen molar-refractivity contribution < 1.29 is 8.42 Å². The van der Waals surface area contributed by atoms with Crippen LogP contribution in [0.4, 0.5) is 5.69 Å². The van der Waals surface area contributed by atoms with Crippen molar-refractivity contribution in [1.29, 1.82) is 0 Å². The highest BCUT2D eigenvalue weighted by Gasteiger charge is 2.24. The number of piperazine rings is 1. The summed E-state index contributed by atoms with van der Waals surface area (Å²) < 4.78 is 25.7. The van der Waals surface area contributed by atoms with Gasteiger partial charge in [-0.15, -0.1) is 0 Å². The fraction of sp³-hybridized carbons (Fsp3) is 0.611. The van der Waals surface area contributed by atoms with Gasteiger partial charge < -0.3 is 15.1 Å². The van der Waals surface area contributed by atoms with Crippen LogP contribution in [0.2, 0.25) is 5.02 Å². The summed E-state index contributed by atoms with van der Waals surface area (Å²) in [5.74, 6) is 0.812. The van der Waals surface area contributed by atoms with Crippen LogP contribution < -0.4 is 14.9 Å². The second kappa shape index (κ2) is 9.12. The van der Waals surface area contributed by atoms with Gasteiger partial charge in [0, 0.05) is 49.0 Å². The molecule has 0 bridgehead atoms. The lowest BCUT2D eigenvalue weighted by Gasteiger charge is -2.38. The van der Waals surface area contributed by atoms with Crippen LogP contribution in [0.1, 0.15) is 20.8 Å². The molecule has 1 aliphatic heterocycles. The zero-order valence-corrected chi connectivity index (χ0v) is 18.1. The molecule has 0 amide bonds. The molecule has 0 radical (unpaired) electrons. The highest BCUT2D eigenvalue weighted by Crippen LogP contribution is 2.20. The van der Waals surface area contributed by atoms with E-state index in [1.807, 2.05) is 39.0 Å². The van der Waals surface area contributed by atoms with E-state index in [-0.39, 0.29) is 0 Å². The molecule has 0 atom stereocenters. The third kappa shape index (κ3) is 7.20. The molecule has 1 heterocycles. The molecule has 0 aliphatic carbocycles. The standard InChI is InChI=1S/C18H30ClN5O2S/c1-5-20-17(21-14-18(2,3)22-27(4,25)26)24-11-9-23(10-12-24)16-8-6-7-15(19)13-16/h6-8,13,22H,5,9-12,14H2,1-4H3,(H,20,21). The van der Waals surface area contributed by atoms with E-state index in [1.54, 1.807) is 0 Å². The van der Waals surface area contributed by atoms with Crippen molar-refractivity contribution in [2.75, 3.05) is 50.4 Å². The Balaban J connectivity index is 2.01. The average molecular weight is 416 g/mol. The zero-order chi connectivity index (χ0) is 20.1. The van der Waals surface area contributed by atoms with Crippen molar-refractivity contribution in [3.63, 3.8) is 0 Å². The van der Waals surface area contributed by atoms with Crippen LogP contribution >= 0.6 is 11.6 Å². The number of nitrogens with one attached hydrogen (secondary N) is 2. The quantitative estimate of drug-likeness (QED) is 0.546. The maximum Gasteiger partial charge on any atom is 0.209 e.